The third-order valence-corrected chi connectivity index (χ3v) is 2.58. The summed E-state index contributed by atoms with van der Waals surface area (Å²) >= 11 is 0. The van der Waals surface area contributed by atoms with Gasteiger partial charge in [0.2, 0.25) is 5.96 Å². The zero-order valence-electron chi connectivity index (χ0n) is 11.4. The second-order valence-electron chi connectivity index (χ2n) is 4.18. The lowest BCUT2D eigenvalue weighted by atomic mass is 10.3. The van der Waals surface area contributed by atoms with Crippen molar-refractivity contribution in [2.24, 2.45) is 10.8 Å². The number of hydrazine groups is 1. The lowest BCUT2D eigenvalue weighted by Crippen LogP contribution is -2.36. The van der Waals surface area contributed by atoms with Crippen LogP contribution in [-0.4, -0.2) is 32.5 Å². The SMILES string of the molecule is COCCCN=C(NN)Nc1ccc2c(c1)OC(F)(F)O2. The normalized spacial score (nSPS) is 15.9. The Kier molecular flexibility index (Phi) is 4.76. The largest absolute Gasteiger partial charge is 0.586 e. The molecule has 0 aliphatic carbocycles. The lowest BCUT2D eigenvalue weighted by Gasteiger charge is -2.09. The van der Waals surface area contributed by atoms with Crippen LogP contribution in [0.1, 0.15) is 6.42 Å². The van der Waals surface area contributed by atoms with Gasteiger partial charge >= 0.3 is 6.29 Å². The van der Waals surface area contributed by atoms with Crippen LogP contribution in [0, 0.1) is 0 Å². The third kappa shape index (κ3) is 4.17. The van der Waals surface area contributed by atoms with E-state index < -0.39 is 6.29 Å². The number of nitrogens with zero attached hydrogens (tertiary/aromatic N) is 1. The summed E-state index contributed by atoms with van der Waals surface area (Å²) in [6, 6.07) is 4.29. The van der Waals surface area contributed by atoms with Gasteiger partial charge in [0.05, 0.1) is 0 Å². The first-order chi connectivity index (χ1) is 10.0. The first-order valence-electron chi connectivity index (χ1n) is 6.21. The number of nitrogens with two attached hydrogens (primary N) is 1. The number of anilines is 1. The molecule has 9 heteroatoms. The highest BCUT2D eigenvalue weighted by Crippen LogP contribution is 2.42. The highest BCUT2D eigenvalue weighted by Gasteiger charge is 2.43. The highest BCUT2D eigenvalue weighted by atomic mass is 19.3. The minimum Gasteiger partial charge on any atom is -0.395 e. The first kappa shape index (κ1) is 15.3. The fourth-order valence-electron chi connectivity index (χ4n) is 1.68. The van der Waals surface area contributed by atoms with E-state index in [9.17, 15) is 8.78 Å². The number of hydrogen-bond acceptors (Lipinski definition) is 5. The molecule has 0 amide bonds. The van der Waals surface area contributed by atoms with Crippen LogP contribution in [-0.2, 0) is 4.74 Å². The lowest BCUT2D eigenvalue weighted by molar-refractivity contribution is -0.286. The summed E-state index contributed by atoms with van der Waals surface area (Å²) < 4.78 is 39.4. The van der Waals surface area contributed by atoms with Crippen LogP contribution in [0.2, 0.25) is 0 Å². The number of nitrogens with one attached hydrogen (secondary N) is 2. The molecule has 2 rings (SSSR count). The molecule has 0 unspecified atom stereocenters. The van der Waals surface area contributed by atoms with Gasteiger partial charge in [0.1, 0.15) is 0 Å². The standard InChI is InChI=1S/C12H16F2N4O3/c1-19-6-2-5-16-11(18-15)17-8-3-4-9-10(7-8)21-12(13,14)20-9/h3-4,7H,2,5-6,15H2,1H3,(H2,16,17,18). The van der Waals surface area contributed by atoms with Gasteiger partial charge < -0.3 is 19.5 Å². The van der Waals surface area contributed by atoms with Crippen molar-refractivity contribution in [1.29, 1.82) is 0 Å². The van der Waals surface area contributed by atoms with E-state index in [0.717, 1.165) is 6.42 Å². The molecule has 0 aromatic heterocycles. The molecule has 0 spiro atoms. The monoisotopic (exact) mass is 302 g/mol. The molecule has 0 bridgehead atoms. The number of benzene rings is 1. The maximum absolute atomic E-state index is 12.9. The van der Waals surface area contributed by atoms with Crippen molar-refractivity contribution in [3.8, 4) is 11.5 Å². The van der Waals surface area contributed by atoms with E-state index in [2.05, 4.69) is 25.2 Å². The minimum absolute atomic E-state index is 0.0233. The molecule has 0 atom stereocenters. The maximum atomic E-state index is 12.9. The van der Waals surface area contributed by atoms with E-state index in [1.807, 2.05) is 0 Å². The summed E-state index contributed by atoms with van der Waals surface area (Å²) in [7, 11) is 1.60. The fourth-order valence-corrected chi connectivity index (χ4v) is 1.68. The van der Waals surface area contributed by atoms with Gasteiger partial charge in [0.25, 0.3) is 0 Å². The van der Waals surface area contributed by atoms with Gasteiger partial charge in [0.15, 0.2) is 11.5 Å². The average Bonchev–Trinajstić information content (AvgIpc) is 2.75. The molecule has 4 N–H and O–H groups in total. The van der Waals surface area contributed by atoms with Crippen molar-refractivity contribution in [2.45, 2.75) is 12.7 Å². The summed E-state index contributed by atoms with van der Waals surface area (Å²) in [6.45, 7) is 1.09. The smallest absolute Gasteiger partial charge is 0.395 e. The zero-order chi connectivity index (χ0) is 15.3. The molecule has 0 saturated heterocycles. The predicted octanol–water partition coefficient (Wildman–Crippen LogP) is 1.28. The number of methoxy groups -OCH3 is 1. The Morgan fingerprint density at radius 3 is 2.86 bits per heavy atom. The molecular formula is C12H16F2N4O3. The van der Waals surface area contributed by atoms with Crippen LogP contribution in [0.15, 0.2) is 23.2 Å². The second-order valence-corrected chi connectivity index (χ2v) is 4.18. The molecule has 0 fully saturated rings. The molecule has 1 aromatic rings. The Bertz CT molecular complexity index is 525. The zero-order valence-corrected chi connectivity index (χ0v) is 11.4. The Morgan fingerprint density at radius 2 is 2.14 bits per heavy atom. The molecular weight excluding hydrogens is 286 g/mol. The molecule has 0 saturated carbocycles. The maximum Gasteiger partial charge on any atom is 0.586 e. The number of aliphatic imine (C=N–C) groups is 1. The van der Waals surface area contributed by atoms with Gasteiger partial charge in [-0.2, -0.15) is 0 Å². The van der Waals surface area contributed by atoms with Gasteiger partial charge in [-0.3, -0.25) is 10.4 Å². The summed E-state index contributed by atoms with van der Waals surface area (Å²) in [5.74, 6) is 5.57. The molecule has 21 heavy (non-hydrogen) atoms. The topological polar surface area (TPSA) is 90.1 Å². The van der Waals surface area contributed by atoms with Crippen molar-refractivity contribution < 1.29 is 23.0 Å². The molecule has 1 aliphatic heterocycles. The van der Waals surface area contributed by atoms with Gasteiger partial charge in [-0.25, -0.2) is 5.84 Å². The van der Waals surface area contributed by atoms with Crippen molar-refractivity contribution >= 4 is 11.6 Å². The summed E-state index contributed by atoms with van der Waals surface area (Å²) in [4.78, 5) is 4.17. The van der Waals surface area contributed by atoms with E-state index in [1.165, 1.54) is 12.1 Å². The number of rotatable bonds is 5. The van der Waals surface area contributed by atoms with E-state index in [4.69, 9.17) is 10.6 Å². The first-order valence-corrected chi connectivity index (χ1v) is 6.21. The van der Waals surface area contributed by atoms with Crippen molar-refractivity contribution in [2.75, 3.05) is 25.6 Å². The molecule has 116 valence electrons. The van der Waals surface area contributed by atoms with E-state index >= 15 is 0 Å². The number of halogens is 2. The van der Waals surface area contributed by atoms with E-state index in [-0.39, 0.29) is 11.5 Å². The van der Waals surface area contributed by atoms with Crippen LogP contribution < -0.4 is 26.1 Å². The van der Waals surface area contributed by atoms with Crippen LogP contribution in [0.25, 0.3) is 0 Å². The molecule has 0 radical (unpaired) electrons. The van der Waals surface area contributed by atoms with Crippen LogP contribution in [0.4, 0.5) is 14.5 Å². The van der Waals surface area contributed by atoms with Gasteiger partial charge in [-0.05, 0) is 18.6 Å². The highest BCUT2D eigenvalue weighted by molar-refractivity contribution is 5.93. The van der Waals surface area contributed by atoms with Crippen LogP contribution in [0.5, 0.6) is 11.5 Å². The van der Waals surface area contributed by atoms with E-state index in [0.29, 0.717) is 24.8 Å². The van der Waals surface area contributed by atoms with Gasteiger partial charge in [0, 0.05) is 32.0 Å². The molecule has 1 aromatic carbocycles. The summed E-state index contributed by atoms with van der Waals surface area (Å²) in [6.07, 6.45) is -2.90. The average molecular weight is 302 g/mol. The molecule has 1 heterocycles. The number of alkyl halides is 2. The Labute approximate surface area is 120 Å². The predicted molar refractivity (Wildman–Crippen MR) is 72.4 cm³/mol. The van der Waals surface area contributed by atoms with Crippen LogP contribution >= 0.6 is 0 Å². The fraction of sp³-hybridized carbons (Fsp3) is 0.417. The summed E-state index contributed by atoms with van der Waals surface area (Å²) in [5, 5.41) is 2.86. The van der Waals surface area contributed by atoms with Crippen molar-refractivity contribution in [3.63, 3.8) is 0 Å². The van der Waals surface area contributed by atoms with E-state index in [1.54, 1.807) is 13.2 Å². The number of hydrogen-bond donors (Lipinski definition) is 3. The Morgan fingerprint density at radius 1 is 1.38 bits per heavy atom. The number of guanidine groups is 1. The molecule has 7 nitrogen and oxygen atoms in total. The second kappa shape index (κ2) is 6.55. The van der Waals surface area contributed by atoms with Crippen molar-refractivity contribution in [3.05, 3.63) is 18.2 Å². The number of ether oxygens (including phenoxy) is 3. The van der Waals surface area contributed by atoms with Gasteiger partial charge in [-0.1, -0.05) is 0 Å². The van der Waals surface area contributed by atoms with Gasteiger partial charge in [-0.15, -0.1) is 8.78 Å². The Hall–Kier alpha value is -2.13. The molecule has 1 aliphatic rings. The van der Waals surface area contributed by atoms with Crippen molar-refractivity contribution in [1.82, 2.24) is 5.43 Å². The summed E-state index contributed by atoms with van der Waals surface area (Å²) in [5.41, 5.74) is 2.87. The quantitative estimate of drug-likeness (QED) is 0.249. The number of fused-ring (bicyclic) bond motifs is 1. The third-order valence-electron chi connectivity index (χ3n) is 2.58. The Balaban J connectivity index is 1.99. The van der Waals surface area contributed by atoms with Crippen LogP contribution in [0.3, 0.4) is 0 Å². The minimum atomic E-state index is -3.63.